The molecule has 0 spiro atoms. The number of H-pyrrole nitrogens is 1. The number of aromatic amines is 1. The quantitative estimate of drug-likeness (QED) is 0.626. The molecule has 1 N–H and O–H groups in total. The highest BCUT2D eigenvalue weighted by Crippen LogP contribution is 2.21. The number of nitrogens with one attached hydrogen (secondary N) is 1. The van der Waals surface area contributed by atoms with Gasteiger partial charge in [0.1, 0.15) is 5.52 Å². The molecule has 0 aliphatic heterocycles. The lowest BCUT2D eigenvalue weighted by Crippen LogP contribution is -2.05. The first-order chi connectivity index (χ1) is 7.06. The predicted molar refractivity (Wildman–Crippen MR) is 63.5 cm³/mol. The lowest BCUT2D eigenvalue weighted by atomic mass is 10.3. The molecule has 2 aromatic heterocycles. The number of hydrogen-bond donors (Lipinski definition) is 1. The van der Waals surface area contributed by atoms with Gasteiger partial charge in [-0.1, -0.05) is 6.08 Å². The van der Waals surface area contributed by atoms with Crippen LogP contribution in [0.2, 0.25) is 0 Å². The SMILES string of the molecule is C=CC(C)n1c(=S)[nH]c2c(C)nn(C)c21. The summed E-state index contributed by atoms with van der Waals surface area (Å²) in [6.07, 6.45) is 1.87. The van der Waals surface area contributed by atoms with E-state index in [4.69, 9.17) is 12.2 Å². The zero-order chi connectivity index (χ0) is 11.2. The van der Waals surface area contributed by atoms with Crippen molar-refractivity contribution in [3.63, 3.8) is 0 Å². The van der Waals surface area contributed by atoms with E-state index in [1.54, 1.807) is 0 Å². The van der Waals surface area contributed by atoms with Crippen LogP contribution < -0.4 is 0 Å². The van der Waals surface area contributed by atoms with Crippen LogP contribution in [0, 0.1) is 11.7 Å². The van der Waals surface area contributed by atoms with Crippen LogP contribution in [0.1, 0.15) is 18.7 Å². The van der Waals surface area contributed by atoms with E-state index in [0.717, 1.165) is 16.9 Å². The minimum atomic E-state index is 0.168. The average Bonchev–Trinajstić information content (AvgIpc) is 2.65. The maximum absolute atomic E-state index is 5.29. The zero-order valence-electron chi connectivity index (χ0n) is 9.11. The van der Waals surface area contributed by atoms with Crippen molar-refractivity contribution in [3.05, 3.63) is 23.1 Å². The largest absolute Gasteiger partial charge is 0.328 e. The van der Waals surface area contributed by atoms with Crippen LogP contribution in [-0.2, 0) is 7.05 Å². The number of rotatable bonds is 2. The van der Waals surface area contributed by atoms with E-state index < -0.39 is 0 Å². The van der Waals surface area contributed by atoms with Gasteiger partial charge < -0.3 is 4.98 Å². The van der Waals surface area contributed by atoms with Crippen molar-refractivity contribution in [1.82, 2.24) is 19.3 Å². The van der Waals surface area contributed by atoms with Crippen molar-refractivity contribution in [2.24, 2.45) is 7.05 Å². The number of hydrogen-bond acceptors (Lipinski definition) is 2. The van der Waals surface area contributed by atoms with Gasteiger partial charge in [0.2, 0.25) is 0 Å². The highest BCUT2D eigenvalue weighted by atomic mass is 32.1. The molecule has 0 amide bonds. The van der Waals surface area contributed by atoms with Gasteiger partial charge in [-0.2, -0.15) is 5.10 Å². The molecule has 0 saturated heterocycles. The molecule has 1 unspecified atom stereocenters. The number of allylic oxidation sites excluding steroid dienone is 1. The third kappa shape index (κ3) is 1.34. The summed E-state index contributed by atoms with van der Waals surface area (Å²) in [7, 11) is 1.92. The molecule has 80 valence electrons. The van der Waals surface area contributed by atoms with Crippen molar-refractivity contribution in [3.8, 4) is 0 Å². The average molecular weight is 222 g/mol. The van der Waals surface area contributed by atoms with E-state index in [0.29, 0.717) is 4.77 Å². The summed E-state index contributed by atoms with van der Waals surface area (Å²) in [6.45, 7) is 7.81. The summed E-state index contributed by atoms with van der Waals surface area (Å²) in [4.78, 5) is 3.18. The van der Waals surface area contributed by atoms with Crippen molar-refractivity contribution >= 4 is 23.4 Å². The minimum Gasteiger partial charge on any atom is -0.328 e. The Morgan fingerprint density at radius 1 is 1.60 bits per heavy atom. The van der Waals surface area contributed by atoms with E-state index in [9.17, 15) is 0 Å². The van der Waals surface area contributed by atoms with Crippen molar-refractivity contribution in [2.45, 2.75) is 19.9 Å². The smallest absolute Gasteiger partial charge is 0.179 e. The first-order valence-corrected chi connectivity index (χ1v) is 5.23. The third-order valence-corrected chi connectivity index (χ3v) is 2.92. The first-order valence-electron chi connectivity index (χ1n) is 4.82. The van der Waals surface area contributed by atoms with Gasteiger partial charge in [-0.25, -0.2) is 0 Å². The molecule has 0 aliphatic carbocycles. The van der Waals surface area contributed by atoms with E-state index in [1.165, 1.54) is 0 Å². The normalized spacial score (nSPS) is 13.3. The van der Waals surface area contributed by atoms with Crippen LogP contribution in [-0.4, -0.2) is 19.3 Å². The second-order valence-corrected chi connectivity index (χ2v) is 4.07. The Hall–Kier alpha value is -1.36. The fraction of sp³-hybridized carbons (Fsp3) is 0.400. The Morgan fingerprint density at radius 3 is 2.87 bits per heavy atom. The minimum absolute atomic E-state index is 0.168. The highest BCUT2D eigenvalue weighted by molar-refractivity contribution is 7.71. The van der Waals surface area contributed by atoms with Gasteiger partial charge in [0.25, 0.3) is 0 Å². The lowest BCUT2D eigenvalue weighted by Gasteiger charge is -2.08. The maximum atomic E-state index is 5.29. The Balaban J connectivity index is 2.88. The van der Waals surface area contributed by atoms with Crippen LogP contribution >= 0.6 is 12.2 Å². The highest BCUT2D eigenvalue weighted by Gasteiger charge is 2.14. The van der Waals surface area contributed by atoms with Gasteiger partial charge in [0.15, 0.2) is 10.4 Å². The van der Waals surface area contributed by atoms with E-state index in [2.05, 4.69) is 23.6 Å². The summed E-state index contributed by atoms with van der Waals surface area (Å²) < 4.78 is 4.59. The predicted octanol–water partition coefficient (Wildman–Crippen LogP) is 2.49. The number of fused-ring (bicyclic) bond motifs is 1. The standard InChI is InChI=1S/C10H14N4S/c1-5-6(2)14-9-8(11-10(14)15)7(3)12-13(9)4/h5-6H,1H2,2-4H3,(H,11,15). The molecule has 0 radical (unpaired) electrons. The van der Waals surface area contributed by atoms with Gasteiger partial charge in [-0.3, -0.25) is 9.25 Å². The molecule has 2 heterocycles. The molecule has 2 rings (SSSR count). The second kappa shape index (κ2) is 3.34. The van der Waals surface area contributed by atoms with E-state index in [1.807, 2.05) is 29.3 Å². The molecular formula is C10H14N4S. The Morgan fingerprint density at radius 2 is 2.27 bits per heavy atom. The summed E-state index contributed by atoms with van der Waals surface area (Å²) >= 11 is 5.29. The van der Waals surface area contributed by atoms with Gasteiger partial charge in [0, 0.05) is 7.05 Å². The number of aryl methyl sites for hydroxylation is 2. The Labute approximate surface area is 93.2 Å². The van der Waals surface area contributed by atoms with Crippen LogP contribution in [0.3, 0.4) is 0 Å². The lowest BCUT2D eigenvalue weighted by molar-refractivity contribution is 0.638. The molecule has 0 fully saturated rings. The van der Waals surface area contributed by atoms with Gasteiger partial charge in [-0.05, 0) is 26.1 Å². The fourth-order valence-electron chi connectivity index (χ4n) is 1.82. The molecule has 0 bridgehead atoms. The van der Waals surface area contributed by atoms with Crippen LogP contribution in [0.15, 0.2) is 12.7 Å². The van der Waals surface area contributed by atoms with Crippen LogP contribution in [0.4, 0.5) is 0 Å². The Kier molecular flexibility index (Phi) is 2.26. The maximum Gasteiger partial charge on any atom is 0.179 e. The van der Waals surface area contributed by atoms with Crippen LogP contribution in [0.25, 0.3) is 11.2 Å². The third-order valence-electron chi connectivity index (χ3n) is 2.62. The molecule has 15 heavy (non-hydrogen) atoms. The van der Waals surface area contributed by atoms with Crippen molar-refractivity contribution in [2.75, 3.05) is 0 Å². The molecule has 0 aliphatic rings. The zero-order valence-corrected chi connectivity index (χ0v) is 9.93. The molecular weight excluding hydrogens is 208 g/mol. The molecule has 2 aromatic rings. The van der Waals surface area contributed by atoms with Crippen molar-refractivity contribution in [1.29, 1.82) is 0 Å². The van der Waals surface area contributed by atoms with Gasteiger partial charge >= 0.3 is 0 Å². The summed E-state index contributed by atoms with van der Waals surface area (Å²) in [5.41, 5.74) is 3.00. The first kappa shape index (κ1) is 10.2. The molecule has 0 saturated carbocycles. The molecule has 4 nitrogen and oxygen atoms in total. The number of imidazole rings is 1. The van der Waals surface area contributed by atoms with Gasteiger partial charge in [-0.15, -0.1) is 6.58 Å². The van der Waals surface area contributed by atoms with Crippen molar-refractivity contribution < 1.29 is 0 Å². The monoisotopic (exact) mass is 222 g/mol. The number of nitrogens with zero attached hydrogens (tertiary/aromatic N) is 3. The van der Waals surface area contributed by atoms with E-state index >= 15 is 0 Å². The molecule has 5 heteroatoms. The topological polar surface area (TPSA) is 38.5 Å². The van der Waals surface area contributed by atoms with E-state index in [-0.39, 0.29) is 6.04 Å². The number of aromatic nitrogens is 4. The fourth-order valence-corrected chi connectivity index (χ4v) is 2.17. The molecule has 1 atom stereocenters. The molecule has 0 aromatic carbocycles. The summed E-state index contributed by atoms with van der Waals surface area (Å²) in [5.74, 6) is 0. The Bertz CT molecular complexity index is 572. The van der Waals surface area contributed by atoms with Gasteiger partial charge in [0.05, 0.1) is 11.7 Å². The van der Waals surface area contributed by atoms with Crippen LogP contribution in [0.5, 0.6) is 0 Å². The second-order valence-electron chi connectivity index (χ2n) is 3.68. The summed E-state index contributed by atoms with van der Waals surface area (Å²) in [5, 5.41) is 4.35. The summed E-state index contributed by atoms with van der Waals surface area (Å²) in [6, 6.07) is 0.168.